The third-order valence-electron chi connectivity index (χ3n) is 4.16. The molecule has 1 aliphatic carbocycles. The average molecular weight is 235 g/mol. The molecular formula is C14H25N3. The maximum Gasteiger partial charge on any atom is 0.0967 e. The maximum absolute atomic E-state index is 9.09. The lowest BCUT2D eigenvalue weighted by Gasteiger charge is -2.19. The van der Waals surface area contributed by atoms with Crippen LogP contribution in [0.3, 0.4) is 0 Å². The Balaban J connectivity index is 1.65. The summed E-state index contributed by atoms with van der Waals surface area (Å²) in [6.45, 7) is 8.19. The molecule has 1 N–H and O–H groups in total. The van der Waals surface area contributed by atoms with Gasteiger partial charge in [-0.2, -0.15) is 5.26 Å². The summed E-state index contributed by atoms with van der Waals surface area (Å²) in [5.41, 5.74) is 0. The fourth-order valence-electron chi connectivity index (χ4n) is 2.64. The Morgan fingerprint density at radius 3 is 2.65 bits per heavy atom. The molecule has 2 rings (SSSR count). The molecule has 1 aliphatic heterocycles. The Morgan fingerprint density at radius 2 is 2.12 bits per heavy atom. The Bertz CT molecular complexity index is 278. The number of nitrogens with one attached hydrogen (secondary N) is 1. The Labute approximate surface area is 105 Å². The molecule has 0 spiro atoms. The van der Waals surface area contributed by atoms with Crippen LogP contribution < -0.4 is 5.32 Å². The van der Waals surface area contributed by atoms with Gasteiger partial charge < -0.3 is 4.90 Å². The molecule has 2 aliphatic rings. The van der Waals surface area contributed by atoms with Crippen molar-refractivity contribution in [2.24, 2.45) is 11.8 Å². The molecule has 3 nitrogen and oxygen atoms in total. The fraction of sp³-hybridized carbons (Fsp3) is 0.929. The molecule has 2 atom stereocenters. The summed E-state index contributed by atoms with van der Waals surface area (Å²) in [6.07, 6.45) is 4.84. The lowest BCUT2D eigenvalue weighted by molar-refractivity contribution is 0.291. The van der Waals surface area contributed by atoms with Gasteiger partial charge in [-0.1, -0.05) is 13.8 Å². The van der Waals surface area contributed by atoms with E-state index in [1.54, 1.807) is 0 Å². The Kier molecular flexibility index (Phi) is 4.42. The number of nitrogens with zero attached hydrogens (tertiary/aromatic N) is 2. The van der Waals surface area contributed by atoms with E-state index in [9.17, 15) is 0 Å². The molecule has 0 aromatic heterocycles. The molecule has 1 saturated heterocycles. The molecular weight excluding hydrogens is 210 g/mol. The van der Waals surface area contributed by atoms with E-state index in [0.29, 0.717) is 6.04 Å². The normalized spacial score (nSPS) is 27.3. The highest BCUT2D eigenvalue weighted by molar-refractivity contribution is 4.96. The van der Waals surface area contributed by atoms with E-state index < -0.39 is 0 Å². The number of rotatable bonds is 6. The minimum absolute atomic E-state index is 0.0700. The van der Waals surface area contributed by atoms with Gasteiger partial charge in [0.2, 0.25) is 0 Å². The first-order chi connectivity index (χ1) is 8.19. The van der Waals surface area contributed by atoms with Crippen LogP contribution in [0.15, 0.2) is 0 Å². The second kappa shape index (κ2) is 5.84. The van der Waals surface area contributed by atoms with Crippen LogP contribution >= 0.6 is 0 Å². The van der Waals surface area contributed by atoms with E-state index >= 15 is 0 Å². The van der Waals surface area contributed by atoms with Crippen LogP contribution in [0.25, 0.3) is 0 Å². The van der Waals surface area contributed by atoms with E-state index in [-0.39, 0.29) is 6.04 Å². The molecule has 1 saturated carbocycles. The quantitative estimate of drug-likeness (QED) is 0.765. The van der Waals surface area contributed by atoms with Crippen molar-refractivity contribution in [3.05, 3.63) is 0 Å². The van der Waals surface area contributed by atoms with Crippen LogP contribution in [0.1, 0.15) is 39.5 Å². The highest BCUT2D eigenvalue weighted by Crippen LogP contribution is 2.24. The molecule has 0 aromatic carbocycles. The minimum Gasteiger partial charge on any atom is -0.303 e. The number of hydrogen-bond donors (Lipinski definition) is 1. The van der Waals surface area contributed by atoms with E-state index in [2.05, 4.69) is 30.1 Å². The van der Waals surface area contributed by atoms with Gasteiger partial charge in [-0.3, -0.25) is 5.32 Å². The summed E-state index contributed by atoms with van der Waals surface area (Å²) in [4.78, 5) is 2.53. The monoisotopic (exact) mass is 235 g/mol. The van der Waals surface area contributed by atoms with E-state index in [4.69, 9.17) is 5.26 Å². The lowest BCUT2D eigenvalue weighted by Crippen LogP contribution is -2.34. The summed E-state index contributed by atoms with van der Waals surface area (Å²) in [5.74, 6) is 1.67. The van der Waals surface area contributed by atoms with Crippen molar-refractivity contribution >= 4 is 0 Å². The summed E-state index contributed by atoms with van der Waals surface area (Å²) in [5, 5.41) is 12.5. The first kappa shape index (κ1) is 12.9. The predicted molar refractivity (Wildman–Crippen MR) is 69.6 cm³/mol. The van der Waals surface area contributed by atoms with Gasteiger partial charge >= 0.3 is 0 Å². The highest BCUT2D eigenvalue weighted by Gasteiger charge is 2.27. The molecule has 0 radical (unpaired) electrons. The van der Waals surface area contributed by atoms with E-state index in [1.807, 2.05) is 0 Å². The molecule has 96 valence electrons. The van der Waals surface area contributed by atoms with Crippen LogP contribution in [0, 0.1) is 23.2 Å². The number of nitriles is 1. The van der Waals surface area contributed by atoms with Gasteiger partial charge in [-0.25, -0.2) is 0 Å². The van der Waals surface area contributed by atoms with Gasteiger partial charge in [0.25, 0.3) is 0 Å². The molecule has 0 aromatic rings. The zero-order valence-electron chi connectivity index (χ0n) is 11.2. The van der Waals surface area contributed by atoms with Crippen molar-refractivity contribution in [1.29, 1.82) is 5.26 Å². The topological polar surface area (TPSA) is 39.1 Å². The van der Waals surface area contributed by atoms with Gasteiger partial charge in [-0.15, -0.1) is 0 Å². The fourth-order valence-corrected chi connectivity index (χ4v) is 2.64. The molecule has 17 heavy (non-hydrogen) atoms. The molecule has 2 unspecified atom stereocenters. The zero-order valence-corrected chi connectivity index (χ0v) is 11.2. The minimum atomic E-state index is 0.0700. The summed E-state index contributed by atoms with van der Waals surface area (Å²) < 4.78 is 0. The van der Waals surface area contributed by atoms with Crippen molar-refractivity contribution in [1.82, 2.24) is 10.2 Å². The van der Waals surface area contributed by atoms with Crippen LogP contribution in [0.2, 0.25) is 0 Å². The number of hydrogen-bond acceptors (Lipinski definition) is 3. The van der Waals surface area contributed by atoms with Gasteiger partial charge in [0.15, 0.2) is 0 Å². The molecule has 0 bridgehead atoms. The molecule has 2 fully saturated rings. The van der Waals surface area contributed by atoms with Crippen molar-refractivity contribution in [3.8, 4) is 6.07 Å². The van der Waals surface area contributed by atoms with Gasteiger partial charge in [0.1, 0.15) is 0 Å². The number of likely N-dealkylation sites (tertiary alicyclic amines) is 1. The SMILES string of the molecule is CC(C)C1CCN(CCC(C#N)NC2CC2)C1. The Morgan fingerprint density at radius 1 is 1.35 bits per heavy atom. The predicted octanol–water partition coefficient (Wildman–Crippen LogP) is 2.00. The third-order valence-corrected chi connectivity index (χ3v) is 4.16. The molecule has 0 amide bonds. The smallest absolute Gasteiger partial charge is 0.0967 e. The van der Waals surface area contributed by atoms with E-state index in [0.717, 1.165) is 24.8 Å². The Hall–Kier alpha value is -0.590. The molecule has 1 heterocycles. The van der Waals surface area contributed by atoms with Crippen LogP contribution in [-0.4, -0.2) is 36.6 Å². The van der Waals surface area contributed by atoms with Crippen molar-refractivity contribution < 1.29 is 0 Å². The zero-order chi connectivity index (χ0) is 12.3. The van der Waals surface area contributed by atoms with Crippen LogP contribution in [0.4, 0.5) is 0 Å². The van der Waals surface area contributed by atoms with Gasteiger partial charge in [0.05, 0.1) is 12.1 Å². The van der Waals surface area contributed by atoms with Crippen molar-refractivity contribution in [3.63, 3.8) is 0 Å². The van der Waals surface area contributed by atoms with Crippen LogP contribution in [0.5, 0.6) is 0 Å². The van der Waals surface area contributed by atoms with Gasteiger partial charge in [-0.05, 0) is 44.1 Å². The largest absolute Gasteiger partial charge is 0.303 e. The summed E-state index contributed by atoms with van der Waals surface area (Å²) in [7, 11) is 0. The summed E-state index contributed by atoms with van der Waals surface area (Å²) in [6, 6.07) is 3.10. The van der Waals surface area contributed by atoms with Gasteiger partial charge in [0, 0.05) is 19.1 Å². The second-order valence-electron chi connectivity index (χ2n) is 6.00. The van der Waals surface area contributed by atoms with Crippen molar-refractivity contribution in [2.45, 2.75) is 51.6 Å². The van der Waals surface area contributed by atoms with Crippen LogP contribution in [-0.2, 0) is 0 Å². The average Bonchev–Trinajstić information content (AvgIpc) is 2.99. The van der Waals surface area contributed by atoms with E-state index in [1.165, 1.54) is 32.4 Å². The standard InChI is InChI=1S/C14H25N3/c1-11(2)12-5-7-17(10-12)8-6-14(9-15)16-13-3-4-13/h11-14,16H,3-8,10H2,1-2H3. The first-order valence-corrected chi connectivity index (χ1v) is 7.07. The third kappa shape index (κ3) is 3.97. The summed E-state index contributed by atoms with van der Waals surface area (Å²) >= 11 is 0. The first-order valence-electron chi connectivity index (χ1n) is 7.07. The molecule has 3 heteroatoms. The van der Waals surface area contributed by atoms with Crippen molar-refractivity contribution in [2.75, 3.05) is 19.6 Å². The second-order valence-corrected chi connectivity index (χ2v) is 6.00. The lowest BCUT2D eigenvalue weighted by atomic mass is 9.95. The maximum atomic E-state index is 9.09. The highest BCUT2D eigenvalue weighted by atomic mass is 15.1.